The van der Waals surface area contributed by atoms with E-state index in [9.17, 15) is 0 Å². The van der Waals surface area contributed by atoms with Gasteiger partial charge in [-0.2, -0.15) is 0 Å². The number of rotatable bonds is 3. The molecule has 0 amide bonds. The van der Waals surface area contributed by atoms with E-state index in [1.54, 1.807) is 6.20 Å². The van der Waals surface area contributed by atoms with Crippen LogP contribution in [0.3, 0.4) is 0 Å². The molecule has 2 heterocycles. The Balaban J connectivity index is 1.58. The van der Waals surface area contributed by atoms with Gasteiger partial charge in [0, 0.05) is 19.1 Å². The van der Waals surface area contributed by atoms with E-state index in [-0.39, 0.29) is 0 Å². The monoisotopic (exact) mass is 283 g/mol. The molecular formula is C16H21N5. The summed E-state index contributed by atoms with van der Waals surface area (Å²) in [4.78, 5) is 6.68. The van der Waals surface area contributed by atoms with Gasteiger partial charge in [-0.25, -0.2) is 4.98 Å². The molecule has 1 aliphatic rings. The SMILES string of the molecule is Nc1ccc(N2CCC(Nc3ccccc3N)CC2)nc1. The second-order valence-electron chi connectivity index (χ2n) is 5.44. The van der Waals surface area contributed by atoms with Crippen LogP contribution < -0.4 is 21.7 Å². The van der Waals surface area contributed by atoms with Crippen LogP contribution in [0.2, 0.25) is 0 Å². The molecule has 3 rings (SSSR count). The molecule has 5 nitrogen and oxygen atoms in total. The van der Waals surface area contributed by atoms with Gasteiger partial charge < -0.3 is 21.7 Å². The predicted molar refractivity (Wildman–Crippen MR) is 88.4 cm³/mol. The summed E-state index contributed by atoms with van der Waals surface area (Å²) in [5.74, 6) is 1.00. The number of piperidine rings is 1. The van der Waals surface area contributed by atoms with Crippen LogP contribution in [0, 0.1) is 0 Å². The van der Waals surface area contributed by atoms with Gasteiger partial charge in [0.1, 0.15) is 5.82 Å². The molecule has 0 unspecified atom stereocenters. The summed E-state index contributed by atoms with van der Waals surface area (Å²) in [6.07, 6.45) is 3.85. The largest absolute Gasteiger partial charge is 0.397 e. The van der Waals surface area contributed by atoms with Gasteiger partial charge in [-0.05, 0) is 37.1 Å². The van der Waals surface area contributed by atoms with Crippen molar-refractivity contribution in [3.63, 3.8) is 0 Å². The van der Waals surface area contributed by atoms with Crippen molar-refractivity contribution in [2.24, 2.45) is 0 Å². The average Bonchev–Trinajstić information content (AvgIpc) is 2.51. The highest BCUT2D eigenvalue weighted by atomic mass is 15.2. The van der Waals surface area contributed by atoms with Gasteiger partial charge in [0.05, 0.1) is 23.3 Å². The van der Waals surface area contributed by atoms with E-state index in [2.05, 4.69) is 15.2 Å². The molecule has 0 radical (unpaired) electrons. The smallest absolute Gasteiger partial charge is 0.128 e. The maximum absolute atomic E-state index is 5.98. The molecule has 1 aromatic carbocycles. The third-order valence-corrected chi connectivity index (χ3v) is 3.91. The van der Waals surface area contributed by atoms with Gasteiger partial charge in [-0.3, -0.25) is 0 Å². The van der Waals surface area contributed by atoms with Gasteiger partial charge in [-0.1, -0.05) is 12.1 Å². The molecule has 1 aromatic heterocycles. The Kier molecular flexibility index (Phi) is 3.81. The van der Waals surface area contributed by atoms with Crippen LogP contribution in [-0.4, -0.2) is 24.1 Å². The number of para-hydroxylation sites is 2. The van der Waals surface area contributed by atoms with Crippen LogP contribution in [0.15, 0.2) is 42.6 Å². The predicted octanol–water partition coefficient (Wildman–Crippen LogP) is 2.33. The first kappa shape index (κ1) is 13.5. The number of nitrogens with one attached hydrogen (secondary N) is 1. The summed E-state index contributed by atoms with van der Waals surface area (Å²) in [5.41, 5.74) is 14.2. The second kappa shape index (κ2) is 5.91. The van der Waals surface area contributed by atoms with E-state index in [0.29, 0.717) is 11.7 Å². The third kappa shape index (κ3) is 3.18. The van der Waals surface area contributed by atoms with Crippen LogP contribution in [-0.2, 0) is 0 Å². The van der Waals surface area contributed by atoms with Crippen LogP contribution in [0.4, 0.5) is 22.9 Å². The molecule has 1 fully saturated rings. The molecular weight excluding hydrogens is 262 g/mol. The van der Waals surface area contributed by atoms with Gasteiger partial charge >= 0.3 is 0 Å². The molecule has 0 saturated carbocycles. The first-order valence-corrected chi connectivity index (χ1v) is 7.30. The number of nitrogens with zero attached hydrogens (tertiary/aromatic N) is 2. The van der Waals surface area contributed by atoms with Gasteiger partial charge in [-0.15, -0.1) is 0 Å². The maximum Gasteiger partial charge on any atom is 0.128 e. The Labute approximate surface area is 125 Å². The molecule has 0 bridgehead atoms. The van der Waals surface area contributed by atoms with Crippen molar-refractivity contribution in [2.75, 3.05) is 34.8 Å². The summed E-state index contributed by atoms with van der Waals surface area (Å²) in [7, 11) is 0. The second-order valence-corrected chi connectivity index (χ2v) is 5.44. The number of hydrogen-bond acceptors (Lipinski definition) is 5. The Morgan fingerprint density at radius 2 is 1.81 bits per heavy atom. The molecule has 0 aliphatic carbocycles. The summed E-state index contributed by atoms with van der Waals surface area (Å²) in [6.45, 7) is 1.97. The third-order valence-electron chi connectivity index (χ3n) is 3.91. The number of anilines is 4. The van der Waals surface area contributed by atoms with Crippen molar-refractivity contribution in [3.8, 4) is 0 Å². The lowest BCUT2D eigenvalue weighted by Gasteiger charge is -2.33. The van der Waals surface area contributed by atoms with Crippen molar-refractivity contribution < 1.29 is 0 Å². The van der Waals surface area contributed by atoms with E-state index in [1.807, 2.05) is 36.4 Å². The minimum absolute atomic E-state index is 0.458. The molecule has 0 atom stereocenters. The van der Waals surface area contributed by atoms with E-state index < -0.39 is 0 Å². The number of benzene rings is 1. The zero-order valence-electron chi connectivity index (χ0n) is 12.0. The van der Waals surface area contributed by atoms with Crippen molar-refractivity contribution in [3.05, 3.63) is 42.6 Å². The highest BCUT2D eigenvalue weighted by Gasteiger charge is 2.20. The summed E-state index contributed by atoms with van der Waals surface area (Å²) < 4.78 is 0. The van der Waals surface area contributed by atoms with Crippen LogP contribution >= 0.6 is 0 Å². The highest BCUT2D eigenvalue weighted by molar-refractivity contribution is 5.66. The topological polar surface area (TPSA) is 80.2 Å². The van der Waals surface area contributed by atoms with Crippen LogP contribution in [0.25, 0.3) is 0 Å². The molecule has 5 N–H and O–H groups in total. The number of hydrogen-bond donors (Lipinski definition) is 3. The number of aromatic nitrogens is 1. The van der Waals surface area contributed by atoms with Crippen molar-refractivity contribution in [1.82, 2.24) is 4.98 Å². The molecule has 1 saturated heterocycles. The minimum Gasteiger partial charge on any atom is -0.397 e. The zero-order chi connectivity index (χ0) is 14.7. The quantitative estimate of drug-likeness (QED) is 0.753. The van der Waals surface area contributed by atoms with Crippen molar-refractivity contribution >= 4 is 22.9 Å². The molecule has 1 aliphatic heterocycles. The van der Waals surface area contributed by atoms with Crippen molar-refractivity contribution in [1.29, 1.82) is 0 Å². The Bertz CT molecular complexity index is 588. The molecule has 5 heteroatoms. The zero-order valence-corrected chi connectivity index (χ0v) is 12.0. The lowest BCUT2D eigenvalue weighted by molar-refractivity contribution is 0.524. The van der Waals surface area contributed by atoms with E-state index >= 15 is 0 Å². The minimum atomic E-state index is 0.458. The normalized spacial score (nSPS) is 15.9. The lowest BCUT2D eigenvalue weighted by atomic mass is 10.0. The van der Waals surface area contributed by atoms with Gasteiger partial charge in [0.25, 0.3) is 0 Å². The Hall–Kier alpha value is -2.43. The molecule has 110 valence electrons. The lowest BCUT2D eigenvalue weighted by Crippen LogP contribution is -2.39. The van der Waals surface area contributed by atoms with E-state index in [4.69, 9.17) is 11.5 Å². The highest BCUT2D eigenvalue weighted by Crippen LogP contribution is 2.23. The van der Waals surface area contributed by atoms with Crippen molar-refractivity contribution in [2.45, 2.75) is 18.9 Å². The number of nitrogens with two attached hydrogens (primary N) is 2. The Morgan fingerprint density at radius 1 is 1.05 bits per heavy atom. The fraction of sp³-hybridized carbons (Fsp3) is 0.312. The summed E-state index contributed by atoms with van der Waals surface area (Å²) >= 11 is 0. The first-order chi connectivity index (χ1) is 10.2. The molecule has 21 heavy (non-hydrogen) atoms. The van der Waals surface area contributed by atoms with Crippen LogP contribution in [0.5, 0.6) is 0 Å². The summed E-state index contributed by atoms with van der Waals surface area (Å²) in [5, 5.41) is 3.54. The van der Waals surface area contributed by atoms with Gasteiger partial charge in [0.15, 0.2) is 0 Å². The molecule has 2 aromatic rings. The first-order valence-electron chi connectivity index (χ1n) is 7.30. The molecule has 0 spiro atoms. The van der Waals surface area contributed by atoms with Gasteiger partial charge in [0.2, 0.25) is 0 Å². The number of nitrogen functional groups attached to an aromatic ring is 2. The summed E-state index contributed by atoms with van der Waals surface area (Å²) in [6, 6.07) is 12.3. The standard InChI is InChI=1S/C16H21N5/c17-12-5-6-16(19-11-12)21-9-7-13(8-10-21)20-15-4-2-1-3-14(15)18/h1-6,11,13,20H,7-10,17-18H2. The Morgan fingerprint density at radius 3 is 2.48 bits per heavy atom. The van der Waals surface area contributed by atoms with Crippen LogP contribution in [0.1, 0.15) is 12.8 Å². The van der Waals surface area contributed by atoms with E-state index in [1.165, 1.54) is 0 Å². The average molecular weight is 283 g/mol. The fourth-order valence-electron chi connectivity index (χ4n) is 2.69. The maximum atomic E-state index is 5.98. The number of pyridine rings is 1. The fourth-order valence-corrected chi connectivity index (χ4v) is 2.69. The van der Waals surface area contributed by atoms with E-state index in [0.717, 1.165) is 43.1 Å².